The number of nitrogens with zero attached hydrogens (tertiary/aromatic N) is 1. The molecule has 1 aromatic heterocycles. The van der Waals surface area contributed by atoms with E-state index in [1.807, 2.05) is 0 Å². The fourth-order valence-electron chi connectivity index (χ4n) is 2.20. The van der Waals surface area contributed by atoms with Crippen molar-refractivity contribution in [2.45, 2.75) is 12.8 Å². The van der Waals surface area contributed by atoms with Crippen molar-refractivity contribution in [1.29, 1.82) is 0 Å². The van der Waals surface area contributed by atoms with Gasteiger partial charge >= 0.3 is 0 Å². The van der Waals surface area contributed by atoms with Crippen LogP contribution in [-0.2, 0) is 4.74 Å². The predicted molar refractivity (Wildman–Crippen MR) is 67.6 cm³/mol. The predicted octanol–water partition coefficient (Wildman–Crippen LogP) is 0.874. The highest BCUT2D eigenvalue weighted by Gasteiger charge is 2.19. The Hall–Kier alpha value is -1.62. The number of pyridine rings is 1. The largest absolute Gasteiger partial charge is 0.381 e. The van der Waals surface area contributed by atoms with Crippen LogP contribution in [0.15, 0.2) is 23.1 Å². The van der Waals surface area contributed by atoms with Crippen molar-refractivity contribution >= 4 is 5.91 Å². The van der Waals surface area contributed by atoms with Crippen molar-refractivity contribution in [3.63, 3.8) is 0 Å². The lowest BCUT2D eigenvalue weighted by Crippen LogP contribution is -2.34. The Morgan fingerprint density at radius 1 is 1.50 bits per heavy atom. The summed E-state index contributed by atoms with van der Waals surface area (Å²) in [6, 6.07) is 2.97. The minimum Gasteiger partial charge on any atom is -0.381 e. The molecule has 1 fully saturated rings. The highest BCUT2D eigenvalue weighted by Crippen LogP contribution is 2.16. The van der Waals surface area contributed by atoms with E-state index >= 15 is 0 Å². The van der Waals surface area contributed by atoms with Gasteiger partial charge in [-0.05, 0) is 24.8 Å². The zero-order valence-corrected chi connectivity index (χ0v) is 10.5. The first-order valence-electron chi connectivity index (χ1n) is 6.19. The van der Waals surface area contributed by atoms with Crippen LogP contribution in [0.4, 0.5) is 0 Å². The summed E-state index contributed by atoms with van der Waals surface area (Å²) in [5.41, 5.74) is 0.189. The number of aromatic amines is 1. The van der Waals surface area contributed by atoms with Crippen molar-refractivity contribution in [3.8, 4) is 0 Å². The van der Waals surface area contributed by atoms with E-state index < -0.39 is 0 Å². The molecule has 5 heteroatoms. The zero-order chi connectivity index (χ0) is 13.0. The fraction of sp³-hybridized carbons (Fsp3) is 0.538. The van der Waals surface area contributed by atoms with Crippen LogP contribution in [0.25, 0.3) is 0 Å². The summed E-state index contributed by atoms with van der Waals surface area (Å²) >= 11 is 0. The molecule has 1 aromatic rings. The van der Waals surface area contributed by atoms with Crippen LogP contribution in [0.3, 0.4) is 0 Å². The summed E-state index contributed by atoms with van der Waals surface area (Å²) in [7, 11) is 1.78. The van der Waals surface area contributed by atoms with Gasteiger partial charge in [0.1, 0.15) is 0 Å². The van der Waals surface area contributed by atoms with Gasteiger partial charge in [0.25, 0.3) is 5.91 Å². The molecule has 1 N–H and O–H groups in total. The third kappa shape index (κ3) is 3.20. The SMILES string of the molecule is CN(CC1CCOCC1)C(=O)c1cc[nH]c(=O)c1. The summed E-state index contributed by atoms with van der Waals surface area (Å²) in [4.78, 5) is 27.5. The van der Waals surface area contributed by atoms with Gasteiger partial charge in [0.2, 0.25) is 5.56 Å². The van der Waals surface area contributed by atoms with Crippen LogP contribution in [0.5, 0.6) is 0 Å². The first-order chi connectivity index (χ1) is 8.66. The molecule has 0 atom stereocenters. The second kappa shape index (κ2) is 5.82. The second-order valence-corrected chi connectivity index (χ2v) is 4.68. The van der Waals surface area contributed by atoms with Crippen molar-refractivity contribution in [3.05, 3.63) is 34.2 Å². The van der Waals surface area contributed by atoms with E-state index in [-0.39, 0.29) is 11.5 Å². The first-order valence-corrected chi connectivity index (χ1v) is 6.19. The molecule has 98 valence electrons. The quantitative estimate of drug-likeness (QED) is 0.866. The smallest absolute Gasteiger partial charge is 0.253 e. The van der Waals surface area contributed by atoms with Crippen LogP contribution in [-0.4, -0.2) is 42.6 Å². The van der Waals surface area contributed by atoms with E-state index in [2.05, 4.69) is 4.98 Å². The molecule has 5 nitrogen and oxygen atoms in total. The minimum absolute atomic E-state index is 0.104. The zero-order valence-electron chi connectivity index (χ0n) is 10.5. The lowest BCUT2D eigenvalue weighted by atomic mass is 9.99. The van der Waals surface area contributed by atoms with Crippen LogP contribution < -0.4 is 5.56 Å². The Morgan fingerprint density at radius 2 is 2.22 bits per heavy atom. The van der Waals surface area contributed by atoms with Gasteiger partial charge in [-0.25, -0.2) is 0 Å². The van der Waals surface area contributed by atoms with Crippen LogP contribution in [0.2, 0.25) is 0 Å². The highest BCUT2D eigenvalue weighted by atomic mass is 16.5. The molecule has 18 heavy (non-hydrogen) atoms. The Labute approximate surface area is 106 Å². The molecule has 0 radical (unpaired) electrons. The molecule has 0 saturated carbocycles. The van der Waals surface area contributed by atoms with E-state index in [9.17, 15) is 9.59 Å². The maximum atomic E-state index is 12.1. The standard InChI is InChI=1S/C13H18N2O3/c1-15(9-10-3-6-18-7-4-10)13(17)11-2-5-14-12(16)8-11/h2,5,8,10H,3-4,6-7,9H2,1H3,(H,14,16). The topological polar surface area (TPSA) is 62.4 Å². The van der Waals surface area contributed by atoms with Crippen molar-refractivity contribution < 1.29 is 9.53 Å². The third-order valence-electron chi connectivity index (χ3n) is 3.24. The normalized spacial score (nSPS) is 16.5. The van der Waals surface area contributed by atoms with Crippen LogP contribution >= 0.6 is 0 Å². The Balaban J connectivity index is 1.97. The fourth-order valence-corrected chi connectivity index (χ4v) is 2.20. The Bertz CT molecular complexity index is 463. The average Bonchev–Trinajstić information content (AvgIpc) is 2.39. The molecule has 0 aromatic carbocycles. The van der Waals surface area contributed by atoms with E-state index in [1.54, 1.807) is 18.0 Å². The summed E-state index contributed by atoms with van der Waals surface area (Å²) in [6.45, 7) is 2.27. The maximum Gasteiger partial charge on any atom is 0.253 e. The van der Waals surface area contributed by atoms with Gasteiger partial charge in [0, 0.05) is 44.6 Å². The Morgan fingerprint density at radius 3 is 2.89 bits per heavy atom. The van der Waals surface area contributed by atoms with Crippen LogP contribution in [0.1, 0.15) is 23.2 Å². The lowest BCUT2D eigenvalue weighted by Gasteiger charge is -2.27. The number of ether oxygens (including phenoxy) is 1. The van der Waals surface area contributed by atoms with Gasteiger partial charge in [-0.1, -0.05) is 0 Å². The number of carbonyl (C=O) groups is 1. The van der Waals surface area contributed by atoms with Crippen molar-refractivity contribution in [1.82, 2.24) is 9.88 Å². The van der Waals surface area contributed by atoms with Crippen molar-refractivity contribution in [2.24, 2.45) is 5.92 Å². The van der Waals surface area contributed by atoms with Gasteiger partial charge < -0.3 is 14.6 Å². The molecule has 1 saturated heterocycles. The molecule has 0 aliphatic carbocycles. The Kier molecular flexibility index (Phi) is 4.15. The van der Waals surface area contributed by atoms with Gasteiger partial charge in [-0.3, -0.25) is 9.59 Å². The van der Waals surface area contributed by atoms with Gasteiger partial charge in [-0.15, -0.1) is 0 Å². The summed E-state index contributed by atoms with van der Waals surface area (Å²) in [6.07, 6.45) is 3.48. The van der Waals surface area contributed by atoms with E-state index in [1.165, 1.54) is 12.3 Å². The van der Waals surface area contributed by atoms with E-state index in [4.69, 9.17) is 4.74 Å². The number of amides is 1. The number of aromatic nitrogens is 1. The molecule has 1 aliphatic heterocycles. The lowest BCUT2D eigenvalue weighted by molar-refractivity contribution is 0.0497. The monoisotopic (exact) mass is 250 g/mol. The van der Waals surface area contributed by atoms with E-state index in [0.717, 1.165) is 32.6 Å². The summed E-state index contributed by atoms with van der Waals surface area (Å²) < 4.78 is 5.29. The number of rotatable bonds is 3. The van der Waals surface area contributed by atoms with Crippen molar-refractivity contribution in [2.75, 3.05) is 26.8 Å². The number of hydrogen-bond donors (Lipinski definition) is 1. The molecular weight excluding hydrogens is 232 g/mol. The van der Waals surface area contributed by atoms with Gasteiger partial charge in [0.15, 0.2) is 0 Å². The second-order valence-electron chi connectivity index (χ2n) is 4.68. The molecule has 1 amide bonds. The molecule has 2 rings (SSSR count). The third-order valence-corrected chi connectivity index (χ3v) is 3.24. The first kappa shape index (κ1) is 12.8. The van der Waals surface area contributed by atoms with Gasteiger partial charge in [-0.2, -0.15) is 0 Å². The molecule has 2 heterocycles. The number of carbonyl (C=O) groups excluding carboxylic acids is 1. The number of nitrogens with one attached hydrogen (secondary N) is 1. The number of hydrogen-bond acceptors (Lipinski definition) is 3. The van der Waals surface area contributed by atoms with Crippen LogP contribution in [0, 0.1) is 5.92 Å². The highest BCUT2D eigenvalue weighted by molar-refractivity contribution is 5.93. The van der Waals surface area contributed by atoms with E-state index in [0.29, 0.717) is 11.5 Å². The summed E-state index contributed by atoms with van der Waals surface area (Å²) in [5.74, 6) is 0.391. The maximum absolute atomic E-state index is 12.1. The molecule has 0 unspecified atom stereocenters. The number of H-pyrrole nitrogens is 1. The summed E-state index contributed by atoms with van der Waals surface area (Å²) in [5, 5.41) is 0. The molecule has 0 bridgehead atoms. The molecule has 1 aliphatic rings. The molecule has 0 spiro atoms. The minimum atomic E-state index is -0.250. The average molecular weight is 250 g/mol. The molecular formula is C13H18N2O3. The van der Waals surface area contributed by atoms with Gasteiger partial charge in [0.05, 0.1) is 0 Å².